The molecule has 4 heteroatoms. The van der Waals surface area contributed by atoms with Gasteiger partial charge >= 0.3 is 0 Å². The number of nitrogens with zero attached hydrogens (tertiary/aromatic N) is 1. The third kappa shape index (κ3) is 2.41. The summed E-state index contributed by atoms with van der Waals surface area (Å²) in [5.41, 5.74) is 0. The summed E-state index contributed by atoms with van der Waals surface area (Å²) >= 11 is 3.76. The van der Waals surface area contributed by atoms with Gasteiger partial charge in [-0.25, -0.2) is 4.98 Å². The van der Waals surface area contributed by atoms with Crippen LogP contribution in [0.5, 0.6) is 10.9 Å². The Balaban J connectivity index is 2.15. The first-order valence-corrected chi connectivity index (χ1v) is 5.58. The lowest BCUT2D eigenvalue weighted by molar-refractivity contribution is 0.479. The van der Waals surface area contributed by atoms with Gasteiger partial charge in [0, 0.05) is 0 Å². The highest BCUT2D eigenvalue weighted by molar-refractivity contribution is 14.1. The second-order valence-corrected chi connectivity index (χ2v) is 5.23. The molecule has 13 heavy (non-hydrogen) atoms. The van der Waals surface area contributed by atoms with Gasteiger partial charge in [0.2, 0.25) is 0 Å². The van der Waals surface area contributed by atoms with E-state index in [0.29, 0.717) is 5.19 Å². The lowest BCUT2D eigenvalue weighted by Crippen LogP contribution is -1.80. The van der Waals surface area contributed by atoms with Crippen LogP contribution < -0.4 is 4.74 Å². The van der Waals surface area contributed by atoms with E-state index in [1.807, 2.05) is 30.3 Å². The molecule has 2 rings (SSSR count). The fourth-order valence-electron chi connectivity index (χ4n) is 0.876. The fraction of sp³-hybridized carbons (Fsp3) is 0. The van der Waals surface area contributed by atoms with Gasteiger partial charge < -0.3 is 4.74 Å². The molecule has 0 fully saturated rings. The molecule has 66 valence electrons. The summed E-state index contributed by atoms with van der Waals surface area (Å²) in [7, 11) is 0. The van der Waals surface area contributed by atoms with Crippen molar-refractivity contribution in [2.75, 3.05) is 0 Å². The zero-order valence-corrected chi connectivity index (χ0v) is 9.58. The number of para-hydroxylation sites is 1. The average molecular weight is 303 g/mol. The minimum atomic E-state index is 0.690. The van der Waals surface area contributed by atoms with Gasteiger partial charge in [0.25, 0.3) is 5.19 Å². The van der Waals surface area contributed by atoms with Crippen molar-refractivity contribution in [2.24, 2.45) is 0 Å². The van der Waals surface area contributed by atoms with Gasteiger partial charge in [0.15, 0.2) is 0 Å². The summed E-state index contributed by atoms with van der Waals surface area (Å²) in [6, 6.07) is 9.66. The zero-order chi connectivity index (χ0) is 9.10. The first-order chi connectivity index (χ1) is 6.34. The number of benzene rings is 1. The molecule has 0 N–H and O–H groups in total. The lowest BCUT2D eigenvalue weighted by atomic mass is 10.3. The van der Waals surface area contributed by atoms with Crippen molar-refractivity contribution >= 4 is 33.9 Å². The van der Waals surface area contributed by atoms with Crippen LogP contribution in [0.3, 0.4) is 0 Å². The van der Waals surface area contributed by atoms with Gasteiger partial charge in [-0.2, -0.15) is 0 Å². The standard InChI is InChI=1S/C9H6INOS/c10-8-6-11-9(13-8)12-7-4-2-1-3-5-7/h1-6H. The highest BCUT2D eigenvalue weighted by Gasteiger charge is 2.00. The Morgan fingerprint density at radius 3 is 2.62 bits per heavy atom. The molecule has 2 nitrogen and oxygen atoms in total. The smallest absolute Gasteiger partial charge is 0.279 e. The molecule has 2 aromatic rings. The molecular weight excluding hydrogens is 297 g/mol. The maximum atomic E-state index is 5.50. The Bertz CT molecular complexity index is 388. The molecular formula is C9H6INOS. The third-order valence-corrected chi connectivity index (χ3v) is 3.01. The van der Waals surface area contributed by atoms with Crippen molar-refractivity contribution in [1.82, 2.24) is 4.98 Å². The van der Waals surface area contributed by atoms with Gasteiger partial charge in [-0.1, -0.05) is 29.5 Å². The quantitative estimate of drug-likeness (QED) is 0.792. The highest BCUT2D eigenvalue weighted by Crippen LogP contribution is 2.26. The van der Waals surface area contributed by atoms with E-state index in [1.54, 1.807) is 6.20 Å². The summed E-state index contributed by atoms with van der Waals surface area (Å²) in [5.74, 6) is 0.827. The van der Waals surface area contributed by atoms with Crippen LogP contribution in [0.15, 0.2) is 36.5 Å². The third-order valence-electron chi connectivity index (χ3n) is 1.40. The van der Waals surface area contributed by atoms with E-state index < -0.39 is 0 Å². The maximum absolute atomic E-state index is 5.50. The van der Waals surface area contributed by atoms with Crippen molar-refractivity contribution in [3.63, 3.8) is 0 Å². The molecule has 1 aromatic carbocycles. The Morgan fingerprint density at radius 1 is 1.23 bits per heavy atom. The lowest BCUT2D eigenvalue weighted by Gasteiger charge is -1.98. The first kappa shape index (κ1) is 8.96. The van der Waals surface area contributed by atoms with Gasteiger partial charge in [0.1, 0.15) is 5.75 Å². The number of hydrogen-bond donors (Lipinski definition) is 0. The molecule has 0 saturated carbocycles. The SMILES string of the molecule is Ic1cnc(Oc2ccccc2)s1. The van der Waals surface area contributed by atoms with Crippen LogP contribution in [0, 0.1) is 2.88 Å². The van der Waals surface area contributed by atoms with Gasteiger partial charge in [-0.15, -0.1) is 0 Å². The van der Waals surface area contributed by atoms with E-state index in [-0.39, 0.29) is 0 Å². The van der Waals surface area contributed by atoms with Crippen molar-refractivity contribution in [1.29, 1.82) is 0 Å². The zero-order valence-electron chi connectivity index (χ0n) is 6.61. The topological polar surface area (TPSA) is 22.1 Å². The first-order valence-electron chi connectivity index (χ1n) is 3.69. The van der Waals surface area contributed by atoms with E-state index in [0.717, 1.165) is 8.63 Å². The number of halogens is 1. The minimum Gasteiger partial charge on any atom is -0.431 e. The van der Waals surface area contributed by atoms with Crippen LogP contribution in [0.4, 0.5) is 0 Å². The van der Waals surface area contributed by atoms with Crippen molar-refractivity contribution in [2.45, 2.75) is 0 Å². The Labute approximate surface area is 93.7 Å². The number of rotatable bonds is 2. The number of hydrogen-bond acceptors (Lipinski definition) is 3. The van der Waals surface area contributed by atoms with E-state index in [4.69, 9.17) is 4.74 Å². The number of thiazole rings is 1. The molecule has 0 bridgehead atoms. The fourth-order valence-corrected chi connectivity index (χ4v) is 2.10. The van der Waals surface area contributed by atoms with Crippen LogP contribution in [-0.2, 0) is 0 Å². The Kier molecular flexibility index (Phi) is 2.80. The molecule has 0 unspecified atom stereocenters. The molecule has 0 atom stereocenters. The molecule has 0 radical (unpaired) electrons. The van der Waals surface area contributed by atoms with Crippen molar-refractivity contribution in [3.8, 4) is 10.9 Å². The predicted octanol–water partition coefficient (Wildman–Crippen LogP) is 3.54. The summed E-state index contributed by atoms with van der Waals surface area (Å²) in [6.45, 7) is 0. The minimum absolute atomic E-state index is 0.690. The number of ether oxygens (including phenoxy) is 1. The summed E-state index contributed by atoms with van der Waals surface area (Å²) in [5, 5.41) is 0.690. The van der Waals surface area contributed by atoms with E-state index >= 15 is 0 Å². The van der Waals surface area contributed by atoms with E-state index in [2.05, 4.69) is 27.6 Å². The van der Waals surface area contributed by atoms with Crippen LogP contribution in [0.1, 0.15) is 0 Å². The molecule has 0 spiro atoms. The summed E-state index contributed by atoms with van der Waals surface area (Å²) in [6.07, 6.45) is 1.80. The predicted molar refractivity (Wildman–Crippen MR) is 61.3 cm³/mol. The summed E-state index contributed by atoms with van der Waals surface area (Å²) in [4.78, 5) is 4.10. The number of aromatic nitrogens is 1. The average Bonchev–Trinajstić information content (AvgIpc) is 2.53. The molecule has 1 aromatic heterocycles. The van der Waals surface area contributed by atoms with Crippen molar-refractivity contribution < 1.29 is 4.74 Å². The second-order valence-electron chi connectivity index (χ2n) is 2.35. The molecule has 0 aliphatic carbocycles. The van der Waals surface area contributed by atoms with Crippen LogP contribution >= 0.6 is 33.9 Å². The van der Waals surface area contributed by atoms with Crippen molar-refractivity contribution in [3.05, 3.63) is 39.4 Å². The molecule has 0 amide bonds. The van der Waals surface area contributed by atoms with Gasteiger partial charge in [-0.05, 0) is 34.7 Å². The van der Waals surface area contributed by atoms with E-state index in [1.165, 1.54) is 11.3 Å². The van der Waals surface area contributed by atoms with Gasteiger partial charge in [-0.3, -0.25) is 0 Å². The molecule has 0 aliphatic heterocycles. The Morgan fingerprint density at radius 2 is 2.00 bits per heavy atom. The maximum Gasteiger partial charge on any atom is 0.279 e. The van der Waals surface area contributed by atoms with Crippen LogP contribution in [-0.4, -0.2) is 4.98 Å². The van der Waals surface area contributed by atoms with Crippen LogP contribution in [0.25, 0.3) is 0 Å². The normalized spacial score (nSPS) is 9.92. The van der Waals surface area contributed by atoms with Gasteiger partial charge in [0.05, 0.1) is 9.08 Å². The highest BCUT2D eigenvalue weighted by atomic mass is 127. The Hall–Kier alpha value is -0.620. The summed E-state index contributed by atoms with van der Waals surface area (Å²) < 4.78 is 6.63. The molecule has 0 saturated heterocycles. The van der Waals surface area contributed by atoms with Crippen LogP contribution in [0.2, 0.25) is 0 Å². The van der Waals surface area contributed by atoms with E-state index in [9.17, 15) is 0 Å². The largest absolute Gasteiger partial charge is 0.431 e. The molecule has 0 aliphatic rings. The molecule has 1 heterocycles. The monoisotopic (exact) mass is 303 g/mol. The second kappa shape index (κ2) is 4.06.